The minimum absolute atomic E-state index is 0.0352. The minimum atomic E-state index is -0.700. The lowest BCUT2D eigenvalue weighted by atomic mass is 9.94. The molecule has 0 saturated heterocycles. The second-order valence-electron chi connectivity index (χ2n) is 3.87. The van der Waals surface area contributed by atoms with Gasteiger partial charge in [-0.15, -0.1) is 0 Å². The number of ether oxygens (including phenoxy) is 1. The molecule has 1 aromatic carbocycles. The van der Waals surface area contributed by atoms with Crippen molar-refractivity contribution in [2.45, 2.75) is 32.3 Å². The molecule has 0 aromatic heterocycles. The van der Waals surface area contributed by atoms with Gasteiger partial charge in [-0.25, -0.2) is 0 Å². The van der Waals surface area contributed by atoms with E-state index in [4.69, 9.17) is 4.74 Å². The number of nitrogens with one attached hydrogen (secondary N) is 1. The number of carbonyl (C=O) groups excluding carboxylic acids is 1. The lowest BCUT2D eigenvalue weighted by molar-refractivity contribution is -0.133. The van der Waals surface area contributed by atoms with E-state index in [0.29, 0.717) is 12.8 Å². The maximum Gasteiger partial charge on any atom is 0.268 e. The Hall–Kier alpha value is -0.780. The van der Waals surface area contributed by atoms with Crippen LogP contribution in [-0.2, 0) is 4.79 Å². The molecule has 0 aliphatic carbocycles. The molecule has 2 rings (SSSR count). The van der Waals surface area contributed by atoms with Gasteiger partial charge in [0.2, 0.25) is 0 Å². The Morgan fingerprint density at radius 1 is 1.38 bits per heavy atom. The molecule has 1 aliphatic rings. The summed E-state index contributed by atoms with van der Waals surface area (Å²) in [6.07, 6.45) is 1.36. The molecule has 0 saturated carbocycles. The van der Waals surface area contributed by atoms with E-state index < -0.39 is 5.60 Å². The summed E-state index contributed by atoms with van der Waals surface area (Å²) in [6.45, 7) is 3.95. The molecule has 0 spiro atoms. The number of anilines is 1. The van der Waals surface area contributed by atoms with Gasteiger partial charge in [-0.3, -0.25) is 4.79 Å². The molecule has 0 bridgehead atoms. The Kier molecular flexibility index (Phi) is 3.10. The highest BCUT2D eigenvalue weighted by Gasteiger charge is 2.41. The van der Waals surface area contributed by atoms with Gasteiger partial charge in [0.25, 0.3) is 5.91 Å². The summed E-state index contributed by atoms with van der Waals surface area (Å²) in [4.78, 5) is 12.0. The second-order valence-corrected chi connectivity index (χ2v) is 5.04. The van der Waals surface area contributed by atoms with E-state index in [1.54, 1.807) is 0 Å². The van der Waals surface area contributed by atoms with Crippen molar-refractivity contribution >= 4 is 34.2 Å². The van der Waals surface area contributed by atoms with Gasteiger partial charge in [0.05, 0.1) is 9.26 Å². The van der Waals surface area contributed by atoms with Crippen LogP contribution in [0.25, 0.3) is 0 Å². The molecular formula is C12H14INO2. The number of hydrogen-bond donors (Lipinski definition) is 1. The summed E-state index contributed by atoms with van der Waals surface area (Å²) >= 11 is 2.22. The van der Waals surface area contributed by atoms with Crippen LogP contribution >= 0.6 is 22.6 Å². The number of benzene rings is 1. The molecule has 1 N–H and O–H groups in total. The SMILES string of the molecule is CCC1(CC)Oc2c(I)cccc2NC1=O. The van der Waals surface area contributed by atoms with Crippen LogP contribution in [0.1, 0.15) is 26.7 Å². The van der Waals surface area contributed by atoms with Crippen LogP contribution in [0.5, 0.6) is 5.75 Å². The normalized spacial score (nSPS) is 17.3. The number of halogens is 1. The third kappa shape index (κ3) is 1.69. The zero-order valence-corrected chi connectivity index (χ0v) is 11.5. The molecule has 16 heavy (non-hydrogen) atoms. The van der Waals surface area contributed by atoms with Crippen LogP contribution in [0, 0.1) is 3.57 Å². The van der Waals surface area contributed by atoms with E-state index in [1.165, 1.54) is 0 Å². The molecule has 4 heteroatoms. The summed E-state index contributed by atoms with van der Waals surface area (Å²) in [5.41, 5.74) is 0.0725. The maximum absolute atomic E-state index is 12.0. The van der Waals surface area contributed by atoms with Gasteiger partial charge < -0.3 is 10.1 Å². The molecule has 1 aromatic rings. The molecule has 0 unspecified atom stereocenters. The molecule has 1 heterocycles. The molecule has 1 amide bonds. The fraction of sp³-hybridized carbons (Fsp3) is 0.417. The van der Waals surface area contributed by atoms with Crippen molar-refractivity contribution in [1.82, 2.24) is 0 Å². The van der Waals surface area contributed by atoms with Gasteiger partial charge >= 0.3 is 0 Å². The predicted octanol–water partition coefficient (Wildman–Crippen LogP) is 3.18. The zero-order valence-electron chi connectivity index (χ0n) is 9.34. The quantitative estimate of drug-likeness (QED) is 0.846. The lowest BCUT2D eigenvalue weighted by Gasteiger charge is -2.36. The summed E-state index contributed by atoms with van der Waals surface area (Å²) < 4.78 is 6.97. The van der Waals surface area contributed by atoms with E-state index in [9.17, 15) is 4.79 Å². The Bertz CT molecular complexity index is 427. The number of amides is 1. The monoisotopic (exact) mass is 331 g/mol. The maximum atomic E-state index is 12.0. The van der Waals surface area contributed by atoms with E-state index >= 15 is 0 Å². The van der Waals surface area contributed by atoms with E-state index in [0.717, 1.165) is 15.0 Å². The summed E-state index contributed by atoms with van der Waals surface area (Å²) in [5.74, 6) is 0.762. The molecular weight excluding hydrogens is 317 g/mol. The van der Waals surface area contributed by atoms with E-state index in [1.807, 2.05) is 32.0 Å². The van der Waals surface area contributed by atoms with Gasteiger partial charge in [0, 0.05) is 0 Å². The van der Waals surface area contributed by atoms with Crippen molar-refractivity contribution in [3.63, 3.8) is 0 Å². The van der Waals surface area contributed by atoms with Crippen molar-refractivity contribution in [3.8, 4) is 5.75 Å². The first kappa shape index (κ1) is 11.7. The Morgan fingerprint density at radius 3 is 2.69 bits per heavy atom. The van der Waals surface area contributed by atoms with Crippen molar-refractivity contribution in [2.24, 2.45) is 0 Å². The average Bonchev–Trinajstić information content (AvgIpc) is 2.29. The molecule has 0 atom stereocenters. The van der Waals surface area contributed by atoms with Gasteiger partial charge in [-0.05, 0) is 47.6 Å². The van der Waals surface area contributed by atoms with Gasteiger partial charge in [-0.2, -0.15) is 0 Å². The molecule has 1 aliphatic heterocycles. The van der Waals surface area contributed by atoms with Crippen LogP contribution < -0.4 is 10.1 Å². The third-order valence-electron chi connectivity index (χ3n) is 3.07. The number of carbonyl (C=O) groups is 1. The largest absolute Gasteiger partial charge is 0.474 e. The van der Waals surface area contributed by atoms with Gasteiger partial charge in [0.1, 0.15) is 0 Å². The third-order valence-corrected chi connectivity index (χ3v) is 3.92. The number of hydrogen-bond acceptors (Lipinski definition) is 2. The lowest BCUT2D eigenvalue weighted by Crippen LogP contribution is -2.50. The molecule has 3 nitrogen and oxygen atoms in total. The van der Waals surface area contributed by atoms with Crippen LogP contribution in [0.2, 0.25) is 0 Å². The average molecular weight is 331 g/mol. The number of rotatable bonds is 2. The van der Waals surface area contributed by atoms with E-state index in [-0.39, 0.29) is 5.91 Å². The van der Waals surface area contributed by atoms with Crippen molar-refractivity contribution in [3.05, 3.63) is 21.8 Å². The highest BCUT2D eigenvalue weighted by molar-refractivity contribution is 14.1. The van der Waals surface area contributed by atoms with Crippen molar-refractivity contribution in [1.29, 1.82) is 0 Å². The summed E-state index contributed by atoms with van der Waals surface area (Å²) in [5, 5.41) is 2.92. The first-order chi connectivity index (χ1) is 7.63. The van der Waals surface area contributed by atoms with Crippen LogP contribution in [0.4, 0.5) is 5.69 Å². The van der Waals surface area contributed by atoms with Crippen LogP contribution in [0.3, 0.4) is 0 Å². The summed E-state index contributed by atoms with van der Waals surface area (Å²) in [6, 6.07) is 5.76. The second kappa shape index (κ2) is 4.24. The smallest absolute Gasteiger partial charge is 0.268 e. The first-order valence-corrected chi connectivity index (χ1v) is 6.50. The van der Waals surface area contributed by atoms with Crippen molar-refractivity contribution in [2.75, 3.05) is 5.32 Å². The highest BCUT2D eigenvalue weighted by Crippen LogP contribution is 2.39. The van der Waals surface area contributed by atoms with E-state index in [2.05, 4.69) is 27.9 Å². The highest BCUT2D eigenvalue weighted by atomic mass is 127. The fourth-order valence-electron chi connectivity index (χ4n) is 1.90. The molecule has 0 fully saturated rings. The van der Waals surface area contributed by atoms with Gasteiger partial charge in [0.15, 0.2) is 11.4 Å². The first-order valence-electron chi connectivity index (χ1n) is 5.42. The van der Waals surface area contributed by atoms with Gasteiger partial charge in [-0.1, -0.05) is 19.9 Å². The molecule has 86 valence electrons. The Morgan fingerprint density at radius 2 is 2.06 bits per heavy atom. The topological polar surface area (TPSA) is 38.3 Å². The van der Waals surface area contributed by atoms with Crippen LogP contribution in [-0.4, -0.2) is 11.5 Å². The van der Waals surface area contributed by atoms with Crippen molar-refractivity contribution < 1.29 is 9.53 Å². The number of fused-ring (bicyclic) bond motifs is 1. The Balaban J connectivity index is 2.48. The number of para-hydroxylation sites is 1. The minimum Gasteiger partial charge on any atom is -0.474 e. The zero-order chi connectivity index (χ0) is 11.8. The predicted molar refractivity (Wildman–Crippen MR) is 71.7 cm³/mol. The standard InChI is InChI=1S/C12H14INO2/c1-3-12(4-2)11(15)14-9-7-5-6-8(13)10(9)16-12/h5-7H,3-4H2,1-2H3,(H,14,15). The molecule has 0 radical (unpaired) electrons. The van der Waals surface area contributed by atoms with Crippen LogP contribution in [0.15, 0.2) is 18.2 Å². The summed E-state index contributed by atoms with van der Waals surface area (Å²) in [7, 11) is 0. The fourth-order valence-corrected chi connectivity index (χ4v) is 2.51. The Labute approximate surface area is 109 Å².